The molecule has 3 rings (SSSR count). The predicted molar refractivity (Wildman–Crippen MR) is 74.7 cm³/mol. The number of esters is 1. The Labute approximate surface area is 126 Å². The number of nitrogens with zero attached hydrogens (tertiary/aromatic N) is 2. The molecule has 0 bridgehead atoms. The number of rotatable bonds is 2. The van der Waals surface area contributed by atoms with Crippen molar-refractivity contribution in [1.29, 1.82) is 0 Å². The Kier molecular flexibility index (Phi) is 3.36. The molecule has 116 valence electrons. The summed E-state index contributed by atoms with van der Waals surface area (Å²) in [6, 6.07) is 5.01. The average molecular weight is 306 g/mol. The fraction of sp³-hybridized carbons (Fsp3) is 0.357. The molecule has 0 aromatic heterocycles. The molecule has 1 saturated heterocycles. The van der Waals surface area contributed by atoms with Crippen molar-refractivity contribution in [2.45, 2.75) is 13.2 Å². The number of likely N-dealkylation sites (N-methyl/N-ethyl adjacent to an activating group) is 1. The normalized spacial score (nSPS) is 20.4. The first-order chi connectivity index (χ1) is 10.5. The zero-order chi connectivity index (χ0) is 15.9. The smallest absolute Gasteiger partial charge is 0.417 e. The Morgan fingerprint density at radius 2 is 2.14 bits per heavy atom. The Balaban J connectivity index is 1.83. The lowest BCUT2D eigenvalue weighted by molar-refractivity contribution is -0.159. The average Bonchev–Trinajstić information content (AvgIpc) is 2.82. The molecule has 1 aromatic carbocycles. The van der Waals surface area contributed by atoms with Crippen molar-refractivity contribution in [3.05, 3.63) is 18.2 Å². The zero-order valence-corrected chi connectivity index (χ0v) is 12.1. The number of carbonyl (C=O) groups is 3. The van der Waals surface area contributed by atoms with E-state index in [-0.39, 0.29) is 19.1 Å². The monoisotopic (exact) mass is 306 g/mol. The van der Waals surface area contributed by atoms with E-state index in [0.29, 0.717) is 17.1 Å². The third kappa shape index (κ3) is 2.43. The summed E-state index contributed by atoms with van der Waals surface area (Å²) in [5, 5.41) is 0. The zero-order valence-electron chi connectivity index (χ0n) is 12.1. The van der Waals surface area contributed by atoms with Crippen molar-refractivity contribution in [2.75, 3.05) is 30.0 Å². The lowest BCUT2D eigenvalue weighted by atomic mass is 10.2. The van der Waals surface area contributed by atoms with E-state index in [9.17, 15) is 14.4 Å². The van der Waals surface area contributed by atoms with Crippen molar-refractivity contribution in [2.24, 2.45) is 0 Å². The molecule has 1 aromatic rings. The molecule has 0 aliphatic carbocycles. The highest BCUT2D eigenvalue weighted by Gasteiger charge is 2.35. The van der Waals surface area contributed by atoms with Gasteiger partial charge in [-0.1, -0.05) is 0 Å². The van der Waals surface area contributed by atoms with Crippen LogP contribution >= 0.6 is 0 Å². The number of fused-ring (bicyclic) bond motifs is 1. The maximum Gasteiger partial charge on any atom is 0.417 e. The van der Waals surface area contributed by atoms with Crippen molar-refractivity contribution in [1.82, 2.24) is 0 Å². The molecule has 2 amide bonds. The van der Waals surface area contributed by atoms with E-state index in [4.69, 9.17) is 14.2 Å². The van der Waals surface area contributed by atoms with E-state index in [1.807, 2.05) is 0 Å². The van der Waals surface area contributed by atoms with Gasteiger partial charge in [0, 0.05) is 20.0 Å². The topological polar surface area (TPSA) is 85.4 Å². The molecule has 22 heavy (non-hydrogen) atoms. The van der Waals surface area contributed by atoms with Gasteiger partial charge >= 0.3 is 12.1 Å². The minimum absolute atomic E-state index is 0.0481. The van der Waals surface area contributed by atoms with Crippen molar-refractivity contribution in [3.63, 3.8) is 0 Å². The van der Waals surface area contributed by atoms with Gasteiger partial charge in [-0.25, -0.2) is 4.79 Å². The fourth-order valence-corrected chi connectivity index (χ4v) is 2.33. The Hall–Kier alpha value is -2.77. The van der Waals surface area contributed by atoms with Gasteiger partial charge in [-0.2, -0.15) is 0 Å². The molecule has 2 aliphatic heterocycles. The largest absolute Gasteiger partial charge is 0.481 e. The van der Waals surface area contributed by atoms with Crippen molar-refractivity contribution >= 4 is 29.3 Å². The first-order valence-corrected chi connectivity index (χ1v) is 6.64. The molecule has 8 nitrogen and oxygen atoms in total. The van der Waals surface area contributed by atoms with E-state index in [0.717, 1.165) is 0 Å². The van der Waals surface area contributed by atoms with Gasteiger partial charge in [-0.05, 0) is 12.1 Å². The highest BCUT2D eigenvalue weighted by Crippen LogP contribution is 2.36. The lowest BCUT2D eigenvalue weighted by Gasteiger charge is -2.27. The number of cyclic esters (lactones) is 1. The second kappa shape index (κ2) is 5.21. The van der Waals surface area contributed by atoms with Crippen LogP contribution in [-0.2, 0) is 19.1 Å². The van der Waals surface area contributed by atoms with Gasteiger partial charge in [0.15, 0.2) is 6.61 Å². The number of hydrogen-bond acceptors (Lipinski definition) is 6. The third-order valence-corrected chi connectivity index (χ3v) is 3.42. The first kappa shape index (κ1) is 14.2. The minimum atomic E-state index is -0.925. The van der Waals surface area contributed by atoms with Crippen LogP contribution in [0, 0.1) is 0 Å². The molecule has 0 spiro atoms. The molecule has 2 heterocycles. The van der Waals surface area contributed by atoms with E-state index in [1.54, 1.807) is 25.2 Å². The molecular formula is C14H14N2O6. The van der Waals surface area contributed by atoms with Crippen molar-refractivity contribution in [3.8, 4) is 5.75 Å². The summed E-state index contributed by atoms with van der Waals surface area (Å²) in [6.07, 6.45) is -1.53. The van der Waals surface area contributed by atoms with Crippen LogP contribution in [0.2, 0.25) is 0 Å². The standard InChI is InChI=1S/C14H14N2O6/c1-8(17)21-13-6-16(14(19)22-13)9-3-4-10-11(5-9)20-7-12(18)15(10)2/h3-5,13H,6-7H2,1-2H3. The van der Waals surface area contributed by atoms with Crippen LogP contribution in [-0.4, -0.2) is 44.5 Å². The van der Waals surface area contributed by atoms with Gasteiger partial charge in [0.1, 0.15) is 12.3 Å². The highest BCUT2D eigenvalue weighted by molar-refractivity contribution is 5.98. The molecule has 0 saturated carbocycles. The molecule has 0 radical (unpaired) electrons. The third-order valence-electron chi connectivity index (χ3n) is 3.42. The summed E-state index contributed by atoms with van der Waals surface area (Å²) in [5.74, 6) is -0.160. The quantitative estimate of drug-likeness (QED) is 0.754. The van der Waals surface area contributed by atoms with Gasteiger partial charge in [0.25, 0.3) is 12.2 Å². The lowest BCUT2D eigenvalue weighted by Crippen LogP contribution is -2.35. The minimum Gasteiger partial charge on any atom is -0.481 e. The van der Waals surface area contributed by atoms with Gasteiger partial charge < -0.3 is 19.1 Å². The number of benzene rings is 1. The van der Waals surface area contributed by atoms with Crippen LogP contribution < -0.4 is 14.5 Å². The first-order valence-electron chi connectivity index (χ1n) is 6.64. The highest BCUT2D eigenvalue weighted by atomic mass is 16.7. The molecule has 8 heteroatoms. The molecule has 1 fully saturated rings. The Morgan fingerprint density at radius 3 is 2.86 bits per heavy atom. The van der Waals surface area contributed by atoms with Gasteiger partial charge in [0.2, 0.25) is 0 Å². The van der Waals surface area contributed by atoms with Crippen LogP contribution in [0.1, 0.15) is 6.92 Å². The summed E-state index contributed by atoms with van der Waals surface area (Å²) >= 11 is 0. The second-order valence-electron chi connectivity index (χ2n) is 4.93. The van der Waals surface area contributed by atoms with E-state index in [1.165, 1.54) is 16.7 Å². The van der Waals surface area contributed by atoms with Crippen LogP contribution in [0.15, 0.2) is 18.2 Å². The number of carbonyl (C=O) groups excluding carboxylic acids is 3. The number of amides is 2. The van der Waals surface area contributed by atoms with Gasteiger partial charge in [-0.15, -0.1) is 0 Å². The number of hydrogen-bond donors (Lipinski definition) is 0. The van der Waals surface area contributed by atoms with E-state index >= 15 is 0 Å². The molecule has 2 aliphatic rings. The van der Waals surface area contributed by atoms with Crippen LogP contribution in [0.4, 0.5) is 16.2 Å². The number of ether oxygens (including phenoxy) is 3. The van der Waals surface area contributed by atoms with Gasteiger partial charge in [0.05, 0.1) is 11.4 Å². The SMILES string of the molecule is CC(=O)OC1CN(c2ccc3c(c2)OCC(=O)N3C)C(=O)O1. The molecule has 1 unspecified atom stereocenters. The maximum absolute atomic E-state index is 11.9. The van der Waals surface area contributed by atoms with E-state index in [2.05, 4.69) is 0 Å². The summed E-state index contributed by atoms with van der Waals surface area (Å²) in [6.45, 7) is 1.30. The molecular weight excluding hydrogens is 292 g/mol. The summed E-state index contributed by atoms with van der Waals surface area (Å²) in [4.78, 5) is 37.2. The summed E-state index contributed by atoms with van der Waals surface area (Å²) < 4.78 is 15.2. The number of anilines is 2. The van der Waals surface area contributed by atoms with Crippen molar-refractivity contribution < 1.29 is 28.6 Å². The fourth-order valence-electron chi connectivity index (χ4n) is 2.33. The second-order valence-corrected chi connectivity index (χ2v) is 4.93. The Bertz CT molecular complexity index is 659. The summed E-state index contributed by atoms with van der Waals surface area (Å²) in [5.41, 5.74) is 1.17. The van der Waals surface area contributed by atoms with Crippen LogP contribution in [0.3, 0.4) is 0 Å². The van der Waals surface area contributed by atoms with Gasteiger partial charge in [-0.3, -0.25) is 14.5 Å². The van der Waals surface area contributed by atoms with Crippen LogP contribution in [0.25, 0.3) is 0 Å². The maximum atomic E-state index is 11.9. The molecule has 0 N–H and O–H groups in total. The Morgan fingerprint density at radius 1 is 1.36 bits per heavy atom. The summed E-state index contributed by atoms with van der Waals surface area (Å²) in [7, 11) is 1.66. The predicted octanol–water partition coefficient (Wildman–Crippen LogP) is 0.888. The molecule has 1 atom stereocenters. The van der Waals surface area contributed by atoms with E-state index < -0.39 is 18.4 Å². The van der Waals surface area contributed by atoms with Crippen LogP contribution in [0.5, 0.6) is 5.75 Å².